The third-order valence-electron chi connectivity index (χ3n) is 6.30. The molecule has 1 saturated carbocycles. The molecule has 2 aromatic heterocycles. The number of amides is 1. The predicted molar refractivity (Wildman–Crippen MR) is 107 cm³/mol. The van der Waals surface area contributed by atoms with Crippen molar-refractivity contribution < 1.29 is 22.8 Å². The van der Waals surface area contributed by atoms with E-state index in [1.54, 1.807) is 15.8 Å². The molecule has 0 bridgehead atoms. The average Bonchev–Trinajstić information content (AvgIpc) is 3.50. The Bertz CT molecular complexity index is 1100. The van der Waals surface area contributed by atoms with Gasteiger partial charge in [-0.2, -0.15) is 10.1 Å². The van der Waals surface area contributed by atoms with Gasteiger partial charge in [-0.25, -0.2) is 13.6 Å². The number of methoxy groups -OCH3 is 1. The summed E-state index contributed by atoms with van der Waals surface area (Å²) in [7, 11) is 1.38. The van der Waals surface area contributed by atoms with Crippen LogP contribution in [-0.4, -0.2) is 57.0 Å². The second-order valence-electron chi connectivity index (χ2n) is 8.30. The summed E-state index contributed by atoms with van der Waals surface area (Å²) in [5.41, 5.74) is 1.51. The van der Waals surface area contributed by atoms with Crippen molar-refractivity contribution in [1.82, 2.24) is 24.8 Å². The highest BCUT2D eigenvalue weighted by molar-refractivity contribution is 5.83. The Labute approximate surface area is 177 Å². The van der Waals surface area contributed by atoms with Crippen LogP contribution < -0.4 is 0 Å². The molecule has 2 fully saturated rings. The van der Waals surface area contributed by atoms with E-state index in [4.69, 9.17) is 9.26 Å². The molecule has 2 aliphatic rings. The number of hydrogen-bond acceptors (Lipinski definition) is 6. The van der Waals surface area contributed by atoms with Crippen LogP contribution in [-0.2, 0) is 4.74 Å². The van der Waals surface area contributed by atoms with Gasteiger partial charge in [0.05, 0.1) is 24.9 Å². The minimum absolute atomic E-state index is 0.105. The van der Waals surface area contributed by atoms with Crippen molar-refractivity contribution in [3.05, 3.63) is 30.2 Å². The van der Waals surface area contributed by atoms with E-state index >= 15 is 0 Å². The van der Waals surface area contributed by atoms with Gasteiger partial charge in [0.2, 0.25) is 5.92 Å². The molecule has 164 valence electrons. The van der Waals surface area contributed by atoms with Gasteiger partial charge in [-0.1, -0.05) is 11.2 Å². The monoisotopic (exact) mass is 431 g/mol. The van der Waals surface area contributed by atoms with Gasteiger partial charge in [-0.3, -0.25) is 4.68 Å². The summed E-state index contributed by atoms with van der Waals surface area (Å²) in [5.74, 6) is -1.53. The molecule has 1 aliphatic carbocycles. The van der Waals surface area contributed by atoms with Gasteiger partial charge in [0, 0.05) is 42.8 Å². The van der Waals surface area contributed by atoms with Crippen LogP contribution in [0.1, 0.15) is 49.9 Å². The number of hydrogen-bond donors (Lipinski definition) is 0. The number of alkyl halides is 2. The van der Waals surface area contributed by atoms with Gasteiger partial charge in [0.15, 0.2) is 5.82 Å². The molecule has 1 atom stereocenters. The molecule has 1 amide bonds. The fourth-order valence-electron chi connectivity index (χ4n) is 4.56. The van der Waals surface area contributed by atoms with Crippen LogP contribution in [0, 0.1) is 0 Å². The van der Waals surface area contributed by atoms with E-state index in [0.717, 1.165) is 29.3 Å². The summed E-state index contributed by atoms with van der Waals surface area (Å²) in [6, 6.07) is 5.31. The molecule has 0 spiro atoms. The maximum Gasteiger partial charge on any atom is 0.409 e. The lowest BCUT2D eigenvalue weighted by Crippen LogP contribution is -2.37. The number of piperidine rings is 1. The summed E-state index contributed by atoms with van der Waals surface area (Å²) >= 11 is 0. The van der Waals surface area contributed by atoms with E-state index in [2.05, 4.69) is 15.2 Å². The number of fused-ring (bicyclic) bond motifs is 1. The first kappa shape index (κ1) is 19.9. The maximum atomic E-state index is 13.7. The van der Waals surface area contributed by atoms with Gasteiger partial charge in [-0.15, -0.1) is 0 Å². The van der Waals surface area contributed by atoms with Crippen LogP contribution in [0.3, 0.4) is 0 Å². The molecule has 1 aromatic carbocycles. The van der Waals surface area contributed by atoms with E-state index in [9.17, 15) is 13.6 Å². The second-order valence-corrected chi connectivity index (χ2v) is 8.30. The Morgan fingerprint density at radius 1 is 1.26 bits per heavy atom. The Hall–Kier alpha value is -3.04. The minimum atomic E-state index is -2.63. The van der Waals surface area contributed by atoms with Gasteiger partial charge >= 0.3 is 6.09 Å². The summed E-state index contributed by atoms with van der Waals surface area (Å²) in [5, 5.41) is 9.39. The normalized spacial score (nSPS) is 21.6. The average molecular weight is 431 g/mol. The third-order valence-corrected chi connectivity index (χ3v) is 6.30. The maximum absolute atomic E-state index is 13.7. The molecule has 5 rings (SSSR count). The molecular formula is C21H23F2N5O3. The number of nitrogens with zero attached hydrogens (tertiary/aromatic N) is 5. The molecule has 3 aromatic rings. The van der Waals surface area contributed by atoms with Gasteiger partial charge in [0.25, 0.3) is 5.89 Å². The molecule has 10 heteroatoms. The van der Waals surface area contributed by atoms with Crippen molar-refractivity contribution in [2.45, 2.75) is 50.0 Å². The second kappa shape index (κ2) is 7.58. The Morgan fingerprint density at radius 3 is 2.77 bits per heavy atom. The van der Waals surface area contributed by atoms with Crippen LogP contribution in [0.25, 0.3) is 22.4 Å². The predicted octanol–water partition coefficient (Wildman–Crippen LogP) is 4.39. The molecule has 3 heterocycles. The van der Waals surface area contributed by atoms with Crippen molar-refractivity contribution in [3.8, 4) is 11.5 Å². The summed E-state index contributed by atoms with van der Waals surface area (Å²) in [4.78, 5) is 17.9. The summed E-state index contributed by atoms with van der Waals surface area (Å²) in [6.07, 6.45) is 2.94. The van der Waals surface area contributed by atoms with Crippen LogP contribution in [0.4, 0.5) is 13.6 Å². The highest BCUT2D eigenvalue weighted by Gasteiger charge is 2.41. The Morgan fingerprint density at radius 2 is 2.06 bits per heavy atom. The number of halogens is 2. The molecule has 1 unspecified atom stereocenters. The molecule has 8 nitrogen and oxygen atoms in total. The standard InChI is InChI=1S/C21H23F2N5O3/c1-30-20(29)27-8-5-13(6-9-27)18-25-19(31-26-18)14-2-3-15-12-24-28(17(15)10-14)16-4-7-21(22,23)11-16/h2-3,10,12-13,16H,4-9,11H2,1H3. The number of carbonyl (C=O) groups is 1. The number of benzene rings is 1. The van der Waals surface area contributed by atoms with Crippen molar-refractivity contribution >= 4 is 17.0 Å². The lowest BCUT2D eigenvalue weighted by Gasteiger charge is -2.29. The topological polar surface area (TPSA) is 86.3 Å². The molecule has 31 heavy (non-hydrogen) atoms. The fourth-order valence-corrected chi connectivity index (χ4v) is 4.56. The fraction of sp³-hybridized carbons (Fsp3) is 0.524. The summed E-state index contributed by atoms with van der Waals surface area (Å²) < 4.78 is 39.4. The third kappa shape index (κ3) is 3.75. The zero-order chi connectivity index (χ0) is 21.6. The van der Waals surface area contributed by atoms with Gasteiger partial charge < -0.3 is 14.2 Å². The zero-order valence-corrected chi connectivity index (χ0v) is 17.1. The zero-order valence-electron chi connectivity index (χ0n) is 17.1. The first-order valence-electron chi connectivity index (χ1n) is 10.5. The molecular weight excluding hydrogens is 408 g/mol. The molecule has 0 radical (unpaired) electrons. The van der Waals surface area contributed by atoms with Crippen molar-refractivity contribution in [2.75, 3.05) is 20.2 Å². The van der Waals surface area contributed by atoms with Crippen molar-refractivity contribution in [1.29, 1.82) is 0 Å². The molecule has 1 aliphatic heterocycles. The van der Waals surface area contributed by atoms with Crippen LogP contribution in [0.2, 0.25) is 0 Å². The van der Waals surface area contributed by atoms with Gasteiger partial charge in [0.1, 0.15) is 0 Å². The first-order valence-corrected chi connectivity index (χ1v) is 10.5. The van der Waals surface area contributed by atoms with E-state index < -0.39 is 5.92 Å². The van der Waals surface area contributed by atoms with Crippen molar-refractivity contribution in [2.24, 2.45) is 0 Å². The Balaban J connectivity index is 1.36. The highest BCUT2D eigenvalue weighted by atomic mass is 19.3. The molecule has 0 N–H and O–H groups in total. The van der Waals surface area contributed by atoms with Crippen molar-refractivity contribution in [3.63, 3.8) is 0 Å². The first-order chi connectivity index (χ1) is 14.9. The highest BCUT2D eigenvalue weighted by Crippen LogP contribution is 2.42. The smallest absolute Gasteiger partial charge is 0.409 e. The van der Waals surface area contributed by atoms with E-state index in [0.29, 0.717) is 31.2 Å². The van der Waals surface area contributed by atoms with E-state index in [1.807, 2.05) is 18.2 Å². The largest absolute Gasteiger partial charge is 0.453 e. The quantitative estimate of drug-likeness (QED) is 0.611. The number of aromatic nitrogens is 4. The number of rotatable bonds is 3. The van der Waals surface area contributed by atoms with E-state index in [-0.39, 0.29) is 30.9 Å². The minimum Gasteiger partial charge on any atom is -0.453 e. The van der Waals surface area contributed by atoms with Crippen LogP contribution >= 0.6 is 0 Å². The SMILES string of the molecule is COC(=O)N1CCC(c2noc(-c3ccc4cnn(C5CCC(F)(F)C5)c4c3)n2)CC1. The lowest BCUT2D eigenvalue weighted by molar-refractivity contribution is 0.00535. The van der Waals surface area contributed by atoms with Crippen LogP contribution in [0.5, 0.6) is 0 Å². The van der Waals surface area contributed by atoms with Crippen LogP contribution in [0.15, 0.2) is 28.9 Å². The lowest BCUT2D eigenvalue weighted by atomic mass is 9.96. The Kier molecular flexibility index (Phi) is 4.86. The number of likely N-dealkylation sites (tertiary alicyclic amines) is 1. The number of carbonyl (C=O) groups excluding carboxylic acids is 1. The molecule has 1 saturated heterocycles. The van der Waals surface area contributed by atoms with E-state index in [1.165, 1.54) is 7.11 Å². The number of ether oxygens (including phenoxy) is 1. The summed E-state index contributed by atoms with van der Waals surface area (Å²) in [6.45, 7) is 1.16. The van der Waals surface area contributed by atoms with Gasteiger partial charge in [-0.05, 0) is 31.4 Å².